The van der Waals surface area contributed by atoms with Crippen LogP contribution in [0.2, 0.25) is 0 Å². The van der Waals surface area contributed by atoms with Crippen molar-refractivity contribution in [2.75, 3.05) is 11.4 Å². The summed E-state index contributed by atoms with van der Waals surface area (Å²) in [5, 5.41) is 8.74. The van der Waals surface area contributed by atoms with Gasteiger partial charge in [0.15, 0.2) is 0 Å². The van der Waals surface area contributed by atoms with Crippen molar-refractivity contribution in [2.45, 2.75) is 12.8 Å². The number of rotatable bonds is 3. The van der Waals surface area contributed by atoms with Crippen LogP contribution in [0.4, 0.5) is 5.69 Å². The molecule has 2 aromatic rings. The fourth-order valence-corrected chi connectivity index (χ4v) is 2.46. The highest BCUT2D eigenvalue weighted by atomic mass is 16.5. The first-order chi connectivity index (χ1) is 11.2. The fourth-order valence-electron chi connectivity index (χ4n) is 2.46. The molecule has 0 bridgehead atoms. The van der Waals surface area contributed by atoms with Gasteiger partial charge in [-0.3, -0.25) is 4.79 Å². The molecule has 0 N–H and O–H groups in total. The number of carbonyl (C=O) groups is 2. The molecular formula is C18H14N2O3. The second-order valence-electron chi connectivity index (χ2n) is 5.22. The predicted octanol–water partition coefficient (Wildman–Crippen LogP) is 2.90. The van der Waals surface area contributed by atoms with E-state index in [0.717, 1.165) is 18.7 Å². The number of anilines is 1. The van der Waals surface area contributed by atoms with Crippen molar-refractivity contribution >= 4 is 17.6 Å². The molecule has 0 atom stereocenters. The highest BCUT2D eigenvalue weighted by molar-refractivity contribution is 5.95. The molecule has 5 heteroatoms. The first-order valence-corrected chi connectivity index (χ1v) is 7.30. The summed E-state index contributed by atoms with van der Waals surface area (Å²) in [6, 6.07) is 15.1. The van der Waals surface area contributed by atoms with Gasteiger partial charge in [-0.15, -0.1) is 0 Å². The molecule has 1 fully saturated rings. The topological polar surface area (TPSA) is 70.4 Å². The molecule has 0 unspecified atom stereocenters. The Kier molecular flexibility index (Phi) is 4.07. The molecule has 1 amide bonds. The highest BCUT2D eigenvalue weighted by Crippen LogP contribution is 2.24. The zero-order valence-corrected chi connectivity index (χ0v) is 12.4. The number of nitriles is 1. The third-order valence-electron chi connectivity index (χ3n) is 3.68. The first kappa shape index (κ1) is 14.8. The van der Waals surface area contributed by atoms with E-state index in [1.807, 2.05) is 6.07 Å². The van der Waals surface area contributed by atoms with Crippen molar-refractivity contribution in [3.05, 3.63) is 59.7 Å². The van der Waals surface area contributed by atoms with Crippen molar-refractivity contribution in [2.24, 2.45) is 0 Å². The van der Waals surface area contributed by atoms with Crippen molar-refractivity contribution < 1.29 is 14.3 Å². The number of carbonyl (C=O) groups excluding carboxylic acids is 2. The quantitative estimate of drug-likeness (QED) is 0.646. The van der Waals surface area contributed by atoms with Gasteiger partial charge in [-0.05, 0) is 55.0 Å². The Labute approximate surface area is 133 Å². The Bertz CT molecular complexity index is 773. The summed E-state index contributed by atoms with van der Waals surface area (Å²) in [5.41, 5.74) is 1.68. The second kappa shape index (κ2) is 6.32. The summed E-state index contributed by atoms with van der Waals surface area (Å²) in [6.07, 6.45) is 1.45. The minimum atomic E-state index is -0.487. The monoisotopic (exact) mass is 306 g/mol. The summed E-state index contributed by atoms with van der Waals surface area (Å²) < 4.78 is 5.29. The normalized spacial score (nSPS) is 13.7. The molecule has 0 saturated carbocycles. The van der Waals surface area contributed by atoms with Crippen molar-refractivity contribution in [1.29, 1.82) is 5.26 Å². The van der Waals surface area contributed by atoms with Crippen molar-refractivity contribution in [1.82, 2.24) is 0 Å². The van der Waals surface area contributed by atoms with E-state index < -0.39 is 5.97 Å². The van der Waals surface area contributed by atoms with Crippen LogP contribution in [0.3, 0.4) is 0 Å². The van der Waals surface area contributed by atoms with Gasteiger partial charge >= 0.3 is 5.97 Å². The molecule has 114 valence electrons. The Balaban J connectivity index is 1.69. The molecule has 2 aromatic carbocycles. The highest BCUT2D eigenvalue weighted by Gasteiger charge is 2.21. The fraction of sp³-hybridized carbons (Fsp3) is 0.167. The van der Waals surface area contributed by atoms with E-state index >= 15 is 0 Å². The summed E-state index contributed by atoms with van der Waals surface area (Å²) in [7, 11) is 0. The number of hydrogen-bond acceptors (Lipinski definition) is 4. The maximum atomic E-state index is 12.0. The Hall–Kier alpha value is -3.13. The lowest BCUT2D eigenvalue weighted by atomic mass is 10.1. The molecule has 0 radical (unpaired) electrons. The molecular weight excluding hydrogens is 292 g/mol. The standard InChI is InChI=1S/C18H14N2O3/c19-12-13-3-5-14(6-4-13)18(22)23-16-9-7-15(8-10-16)20-11-1-2-17(20)21/h3-10H,1-2,11H2. The lowest BCUT2D eigenvalue weighted by Crippen LogP contribution is -2.23. The molecule has 3 rings (SSSR count). The average Bonchev–Trinajstić information content (AvgIpc) is 3.01. The minimum Gasteiger partial charge on any atom is -0.423 e. The van der Waals surface area contributed by atoms with E-state index in [9.17, 15) is 9.59 Å². The summed E-state index contributed by atoms with van der Waals surface area (Å²) >= 11 is 0. The zero-order chi connectivity index (χ0) is 16.2. The van der Waals surface area contributed by atoms with Crippen molar-refractivity contribution in [3.63, 3.8) is 0 Å². The largest absolute Gasteiger partial charge is 0.423 e. The molecule has 1 saturated heterocycles. The van der Waals surface area contributed by atoms with Gasteiger partial charge in [0, 0.05) is 18.7 Å². The van der Waals surface area contributed by atoms with Gasteiger partial charge in [0.25, 0.3) is 0 Å². The number of esters is 1. The molecule has 1 aliphatic rings. The zero-order valence-electron chi connectivity index (χ0n) is 12.4. The number of amides is 1. The SMILES string of the molecule is N#Cc1ccc(C(=O)Oc2ccc(N3CCCC3=O)cc2)cc1. The van der Waals surface area contributed by atoms with Crippen molar-refractivity contribution in [3.8, 4) is 11.8 Å². The van der Waals surface area contributed by atoms with Crippen LogP contribution in [0, 0.1) is 11.3 Å². The Morgan fingerprint density at radius 3 is 2.35 bits per heavy atom. The maximum Gasteiger partial charge on any atom is 0.343 e. The van der Waals surface area contributed by atoms with Crippen LogP contribution in [0.5, 0.6) is 5.75 Å². The minimum absolute atomic E-state index is 0.118. The van der Waals surface area contributed by atoms with E-state index in [-0.39, 0.29) is 5.91 Å². The maximum absolute atomic E-state index is 12.0. The smallest absolute Gasteiger partial charge is 0.343 e. The Morgan fingerprint density at radius 1 is 1.09 bits per heavy atom. The van der Waals surface area contributed by atoms with Gasteiger partial charge in [0.1, 0.15) is 5.75 Å². The van der Waals surface area contributed by atoms with Gasteiger partial charge in [0.05, 0.1) is 17.2 Å². The third-order valence-corrected chi connectivity index (χ3v) is 3.68. The van der Waals surface area contributed by atoms with Crippen LogP contribution in [0.15, 0.2) is 48.5 Å². The molecule has 23 heavy (non-hydrogen) atoms. The lowest BCUT2D eigenvalue weighted by molar-refractivity contribution is -0.117. The molecule has 5 nitrogen and oxygen atoms in total. The van der Waals surface area contributed by atoms with E-state index in [2.05, 4.69) is 0 Å². The van der Waals surface area contributed by atoms with Gasteiger partial charge in [-0.2, -0.15) is 5.26 Å². The number of nitrogens with zero attached hydrogens (tertiary/aromatic N) is 2. The van der Waals surface area contributed by atoms with Crippen LogP contribution in [0.25, 0.3) is 0 Å². The second-order valence-corrected chi connectivity index (χ2v) is 5.22. The number of hydrogen-bond donors (Lipinski definition) is 0. The van der Waals surface area contributed by atoms with Gasteiger partial charge in [0.2, 0.25) is 5.91 Å². The van der Waals surface area contributed by atoms with E-state index in [0.29, 0.717) is 23.3 Å². The molecule has 1 aliphatic heterocycles. The predicted molar refractivity (Wildman–Crippen MR) is 84.1 cm³/mol. The lowest BCUT2D eigenvalue weighted by Gasteiger charge is -2.15. The van der Waals surface area contributed by atoms with E-state index in [4.69, 9.17) is 10.00 Å². The van der Waals surface area contributed by atoms with Crippen LogP contribution in [-0.2, 0) is 4.79 Å². The summed E-state index contributed by atoms with van der Waals surface area (Å²) in [6.45, 7) is 0.725. The molecule has 0 spiro atoms. The van der Waals surface area contributed by atoms with Crippen LogP contribution >= 0.6 is 0 Å². The van der Waals surface area contributed by atoms with Gasteiger partial charge < -0.3 is 9.64 Å². The van der Waals surface area contributed by atoms with Gasteiger partial charge in [-0.1, -0.05) is 0 Å². The van der Waals surface area contributed by atoms with Crippen LogP contribution in [0.1, 0.15) is 28.8 Å². The summed E-state index contributed by atoms with van der Waals surface area (Å²) in [5.74, 6) is 0.0431. The van der Waals surface area contributed by atoms with Crippen LogP contribution < -0.4 is 9.64 Å². The molecule has 0 aromatic heterocycles. The summed E-state index contributed by atoms with van der Waals surface area (Å²) in [4.78, 5) is 25.5. The number of ether oxygens (including phenoxy) is 1. The Morgan fingerprint density at radius 2 is 1.78 bits per heavy atom. The van der Waals surface area contributed by atoms with Crippen LogP contribution in [-0.4, -0.2) is 18.4 Å². The molecule has 1 heterocycles. The van der Waals surface area contributed by atoms with E-state index in [1.165, 1.54) is 0 Å². The van der Waals surface area contributed by atoms with Gasteiger partial charge in [-0.25, -0.2) is 4.79 Å². The average molecular weight is 306 g/mol. The number of benzene rings is 2. The first-order valence-electron chi connectivity index (χ1n) is 7.30. The van der Waals surface area contributed by atoms with E-state index in [1.54, 1.807) is 53.4 Å². The third kappa shape index (κ3) is 3.22. The molecule has 0 aliphatic carbocycles.